The van der Waals surface area contributed by atoms with Crippen LogP contribution in [0.5, 0.6) is 0 Å². The summed E-state index contributed by atoms with van der Waals surface area (Å²) in [5.74, 6) is -0.408. The maximum atomic E-state index is 12.5. The van der Waals surface area contributed by atoms with E-state index in [9.17, 15) is 9.59 Å². The third kappa shape index (κ3) is 4.18. The fourth-order valence-corrected chi connectivity index (χ4v) is 2.28. The second-order valence-electron chi connectivity index (χ2n) is 5.61. The van der Waals surface area contributed by atoms with Crippen LogP contribution < -0.4 is 5.32 Å². The van der Waals surface area contributed by atoms with Crippen LogP contribution in [0.25, 0.3) is 6.08 Å². The number of nitrogens with one attached hydrogen (secondary N) is 1. The fourth-order valence-electron chi connectivity index (χ4n) is 2.28. The molecule has 1 amide bonds. The molecule has 5 heteroatoms. The van der Waals surface area contributed by atoms with Crippen molar-refractivity contribution in [3.8, 4) is 0 Å². The third-order valence-corrected chi connectivity index (χ3v) is 3.90. The molecule has 0 radical (unpaired) electrons. The van der Waals surface area contributed by atoms with E-state index in [2.05, 4.69) is 10.1 Å². The van der Waals surface area contributed by atoms with E-state index in [1.54, 1.807) is 6.08 Å². The monoisotopic (exact) mass is 303 g/mol. The largest absolute Gasteiger partial charge is 0.466 e. The Morgan fingerprint density at radius 2 is 2.05 bits per heavy atom. The highest BCUT2D eigenvalue weighted by molar-refractivity contribution is 5.95. The van der Waals surface area contributed by atoms with Gasteiger partial charge in [0.05, 0.1) is 12.5 Å². The number of amides is 1. The fraction of sp³-hybridized carbons (Fsp3) is 0.412. The topological polar surface area (TPSA) is 64.6 Å². The zero-order valence-corrected chi connectivity index (χ0v) is 12.9. The zero-order chi connectivity index (χ0) is 16.0. The van der Waals surface area contributed by atoms with Crippen LogP contribution in [0.4, 0.5) is 5.69 Å². The number of hydrogen-bond acceptors (Lipinski definition) is 4. The minimum atomic E-state index is -0.413. The number of carbonyl (C=O) groups is 2. The molecule has 22 heavy (non-hydrogen) atoms. The summed E-state index contributed by atoms with van der Waals surface area (Å²) >= 11 is 0. The molecule has 0 aliphatic carbocycles. The Bertz CT molecular complexity index is 574. The Kier molecular flexibility index (Phi) is 5.33. The van der Waals surface area contributed by atoms with Crippen molar-refractivity contribution in [1.29, 1.82) is 0 Å². The van der Waals surface area contributed by atoms with E-state index in [4.69, 9.17) is 4.74 Å². The summed E-state index contributed by atoms with van der Waals surface area (Å²) in [5, 5.41) is 2.95. The van der Waals surface area contributed by atoms with Crippen molar-refractivity contribution in [2.75, 3.05) is 25.6 Å². The number of rotatable bonds is 4. The SMILES string of the molecule is COC(=O)/C=C/c1cccc(NC(=O)C2(C)CCOCC2)c1. The molecule has 0 spiro atoms. The predicted octanol–water partition coefficient (Wildman–Crippen LogP) is 2.63. The Labute approximate surface area is 130 Å². The molecule has 0 saturated carbocycles. The maximum absolute atomic E-state index is 12.5. The van der Waals surface area contributed by atoms with Gasteiger partial charge in [-0.3, -0.25) is 4.79 Å². The summed E-state index contributed by atoms with van der Waals surface area (Å²) in [5.41, 5.74) is 1.14. The molecule has 1 saturated heterocycles. The molecule has 0 bridgehead atoms. The lowest BCUT2D eigenvalue weighted by Gasteiger charge is -2.32. The van der Waals surface area contributed by atoms with Crippen LogP contribution in [0.1, 0.15) is 25.3 Å². The lowest BCUT2D eigenvalue weighted by molar-refractivity contribution is -0.134. The summed E-state index contributed by atoms with van der Waals surface area (Å²) in [7, 11) is 1.33. The van der Waals surface area contributed by atoms with Crippen LogP contribution in [0.15, 0.2) is 30.3 Å². The Morgan fingerprint density at radius 1 is 1.32 bits per heavy atom. The van der Waals surface area contributed by atoms with Crippen molar-refractivity contribution in [3.05, 3.63) is 35.9 Å². The number of carbonyl (C=O) groups excluding carboxylic acids is 2. The molecule has 1 heterocycles. The van der Waals surface area contributed by atoms with Crippen molar-refractivity contribution in [2.45, 2.75) is 19.8 Å². The van der Waals surface area contributed by atoms with Crippen molar-refractivity contribution in [3.63, 3.8) is 0 Å². The van der Waals surface area contributed by atoms with Crippen LogP contribution in [0.2, 0.25) is 0 Å². The van der Waals surface area contributed by atoms with E-state index >= 15 is 0 Å². The van der Waals surface area contributed by atoms with Crippen LogP contribution in [-0.2, 0) is 19.1 Å². The smallest absolute Gasteiger partial charge is 0.330 e. The Hall–Kier alpha value is -2.14. The van der Waals surface area contributed by atoms with E-state index in [0.29, 0.717) is 18.9 Å². The van der Waals surface area contributed by atoms with Crippen molar-refractivity contribution < 1.29 is 19.1 Å². The summed E-state index contributed by atoms with van der Waals surface area (Å²) in [6, 6.07) is 7.33. The van der Waals surface area contributed by atoms with E-state index in [1.165, 1.54) is 13.2 Å². The first-order chi connectivity index (χ1) is 10.5. The van der Waals surface area contributed by atoms with Crippen molar-refractivity contribution in [2.24, 2.45) is 5.41 Å². The first kappa shape index (κ1) is 16.2. The van der Waals surface area contributed by atoms with Gasteiger partial charge in [-0.25, -0.2) is 4.79 Å². The second-order valence-corrected chi connectivity index (χ2v) is 5.61. The van der Waals surface area contributed by atoms with E-state index < -0.39 is 11.4 Å². The summed E-state index contributed by atoms with van der Waals surface area (Å²) < 4.78 is 9.87. The lowest BCUT2D eigenvalue weighted by Crippen LogP contribution is -2.38. The molecular formula is C17H21NO4. The molecular weight excluding hydrogens is 282 g/mol. The van der Waals surface area contributed by atoms with Crippen LogP contribution in [-0.4, -0.2) is 32.2 Å². The summed E-state index contributed by atoms with van der Waals surface area (Å²) in [6.45, 7) is 3.20. The van der Waals surface area contributed by atoms with Gasteiger partial charge in [-0.2, -0.15) is 0 Å². The second kappa shape index (κ2) is 7.22. The maximum Gasteiger partial charge on any atom is 0.330 e. The number of methoxy groups -OCH3 is 1. The highest BCUT2D eigenvalue weighted by Gasteiger charge is 2.35. The lowest BCUT2D eigenvalue weighted by atomic mass is 9.81. The first-order valence-electron chi connectivity index (χ1n) is 7.29. The number of benzene rings is 1. The molecule has 1 fully saturated rings. The molecule has 2 rings (SSSR count). The molecule has 1 aliphatic heterocycles. The van der Waals surface area contributed by atoms with Gasteiger partial charge in [-0.05, 0) is 36.6 Å². The third-order valence-electron chi connectivity index (χ3n) is 3.90. The van der Waals surface area contributed by atoms with Gasteiger partial charge >= 0.3 is 5.97 Å². The van der Waals surface area contributed by atoms with Gasteiger partial charge in [0.25, 0.3) is 0 Å². The Balaban J connectivity index is 2.05. The van der Waals surface area contributed by atoms with Crippen LogP contribution in [0, 0.1) is 5.41 Å². The van der Waals surface area contributed by atoms with Gasteiger partial charge in [-0.15, -0.1) is 0 Å². The van der Waals surface area contributed by atoms with Crippen molar-refractivity contribution >= 4 is 23.6 Å². The normalized spacial score (nSPS) is 17.2. The van der Waals surface area contributed by atoms with Crippen LogP contribution in [0.3, 0.4) is 0 Å². The van der Waals surface area contributed by atoms with Gasteiger partial charge in [-0.1, -0.05) is 19.1 Å². The minimum Gasteiger partial charge on any atom is -0.466 e. The number of anilines is 1. The molecule has 0 unspecified atom stereocenters. The standard InChI is InChI=1S/C17H21NO4/c1-17(8-10-22-11-9-17)16(20)18-14-5-3-4-13(12-14)6-7-15(19)21-2/h3-7,12H,8-11H2,1-2H3,(H,18,20)/b7-6+. The Morgan fingerprint density at radius 3 is 2.73 bits per heavy atom. The quantitative estimate of drug-likeness (QED) is 0.686. The zero-order valence-electron chi connectivity index (χ0n) is 12.9. The number of esters is 1. The average molecular weight is 303 g/mol. The first-order valence-corrected chi connectivity index (χ1v) is 7.29. The summed E-state index contributed by atoms with van der Waals surface area (Å²) in [6.07, 6.45) is 4.44. The molecule has 1 aromatic rings. The molecule has 5 nitrogen and oxygen atoms in total. The van der Waals surface area contributed by atoms with E-state index in [-0.39, 0.29) is 5.91 Å². The minimum absolute atomic E-state index is 0.00453. The molecule has 1 N–H and O–H groups in total. The molecule has 1 aliphatic rings. The molecule has 0 aromatic heterocycles. The van der Waals surface area contributed by atoms with Gasteiger partial charge in [0.15, 0.2) is 0 Å². The molecule has 0 atom stereocenters. The van der Waals surface area contributed by atoms with Gasteiger partial charge in [0.1, 0.15) is 0 Å². The molecule has 1 aromatic carbocycles. The van der Waals surface area contributed by atoms with Crippen molar-refractivity contribution in [1.82, 2.24) is 0 Å². The van der Waals surface area contributed by atoms with Gasteiger partial charge in [0.2, 0.25) is 5.91 Å². The van der Waals surface area contributed by atoms with E-state index in [1.807, 2.05) is 31.2 Å². The average Bonchev–Trinajstić information content (AvgIpc) is 2.53. The van der Waals surface area contributed by atoms with Gasteiger partial charge in [0, 0.05) is 25.0 Å². The number of hydrogen-bond donors (Lipinski definition) is 1. The van der Waals surface area contributed by atoms with Crippen LogP contribution >= 0.6 is 0 Å². The van der Waals surface area contributed by atoms with Gasteiger partial charge < -0.3 is 14.8 Å². The highest BCUT2D eigenvalue weighted by Crippen LogP contribution is 2.31. The highest BCUT2D eigenvalue weighted by atomic mass is 16.5. The predicted molar refractivity (Wildman–Crippen MR) is 84.3 cm³/mol. The summed E-state index contributed by atoms with van der Waals surface area (Å²) in [4.78, 5) is 23.6. The molecule has 118 valence electrons. The van der Waals surface area contributed by atoms with E-state index in [0.717, 1.165) is 18.4 Å². The number of ether oxygens (including phenoxy) is 2.